The zero-order valence-electron chi connectivity index (χ0n) is 17.3. The van der Waals surface area contributed by atoms with Gasteiger partial charge in [0.2, 0.25) is 15.9 Å². The lowest BCUT2D eigenvalue weighted by atomic mass is 10.2. The number of hydrogen-bond acceptors (Lipinski definition) is 7. The van der Waals surface area contributed by atoms with Gasteiger partial charge < -0.3 is 9.47 Å². The molecule has 1 saturated heterocycles. The van der Waals surface area contributed by atoms with E-state index in [1.807, 2.05) is 13.0 Å². The first kappa shape index (κ1) is 21.8. The maximum atomic E-state index is 12.9. The molecule has 31 heavy (non-hydrogen) atoms. The van der Waals surface area contributed by atoms with Gasteiger partial charge in [-0.3, -0.25) is 4.79 Å². The number of benzene rings is 1. The van der Waals surface area contributed by atoms with E-state index in [4.69, 9.17) is 0 Å². The van der Waals surface area contributed by atoms with Crippen molar-refractivity contribution in [3.63, 3.8) is 0 Å². The van der Waals surface area contributed by atoms with Gasteiger partial charge in [-0.2, -0.15) is 9.57 Å². The molecule has 0 N–H and O–H groups in total. The molecule has 2 fully saturated rings. The van der Waals surface area contributed by atoms with Crippen LogP contribution in [0.5, 0.6) is 0 Å². The van der Waals surface area contributed by atoms with E-state index in [1.165, 1.54) is 28.2 Å². The highest BCUT2D eigenvalue weighted by molar-refractivity contribution is 7.99. The Morgan fingerprint density at radius 3 is 2.55 bits per heavy atom. The molecule has 2 aromatic rings. The molecule has 0 unspecified atom stereocenters. The topological polar surface area (TPSA) is 112 Å². The molecule has 1 amide bonds. The van der Waals surface area contributed by atoms with Crippen molar-refractivity contribution in [1.29, 1.82) is 5.26 Å². The summed E-state index contributed by atoms with van der Waals surface area (Å²) in [6.45, 7) is 3.87. The lowest BCUT2D eigenvalue weighted by molar-refractivity contribution is -0.129. The first-order chi connectivity index (χ1) is 15.0. The summed E-state index contributed by atoms with van der Waals surface area (Å²) in [5.41, 5.74) is 0.128. The summed E-state index contributed by atoms with van der Waals surface area (Å²) in [6, 6.07) is 8.12. The van der Waals surface area contributed by atoms with Crippen LogP contribution in [0.2, 0.25) is 0 Å². The van der Waals surface area contributed by atoms with Crippen molar-refractivity contribution < 1.29 is 13.2 Å². The molecule has 0 bridgehead atoms. The number of sulfonamides is 1. The van der Waals surface area contributed by atoms with Crippen LogP contribution in [0, 0.1) is 11.3 Å². The summed E-state index contributed by atoms with van der Waals surface area (Å²) >= 11 is 1.38. The van der Waals surface area contributed by atoms with Gasteiger partial charge in [-0.1, -0.05) is 23.9 Å². The number of rotatable bonds is 7. The Kier molecular flexibility index (Phi) is 6.31. The van der Waals surface area contributed by atoms with Crippen LogP contribution in [0.3, 0.4) is 0 Å². The summed E-state index contributed by atoms with van der Waals surface area (Å²) in [5, 5.41) is 18.5. The van der Waals surface area contributed by atoms with Gasteiger partial charge in [0.05, 0.1) is 16.2 Å². The highest BCUT2D eigenvalue weighted by atomic mass is 32.2. The van der Waals surface area contributed by atoms with Crippen molar-refractivity contribution in [2.45, 2.75) is 42.3 Å². The van der Waals surface area contributed by atoms with E-state index in [9.17, 15) is 18.5 Å². The molecule has 11 heteroatoms. The predicted molar refractivity (Wildman–Crippen MR) is 115 cm³/mol. The van der Waals surface area contributed by atoms with Crippen molar-refractivity contribution in [3.05, 3.63) is 35.7 Å². The fourth-order valence-electron chi connectivity index (χ4n) is 3.67. The molecular weight excluding hydrogens is 436 g/mol. The van der Waals surface area contributed by atoms with Gasteiger partial charge in [-0.15, -0.1) is 10.2 Å². The van der Waals surface area contributed by atoms with Crippen LogP contribution < -0.4 is 0 Å². The zero-order valence-corrected chi connectivity index (χ0v) is 18.9. The van der Waals surface area contributed by atoms with E-state index < -0.39 is 10.0 Å². The fourth-order valence-corrected chi connectivity index (χ4v) is 6.14. The Balaban J connectivity index is 1.35. The monoisotopic (exact) mass is 460 g/mol. The first-order valence-electron chi connectivity index (χ1n) is 10.3. The summed E-state index contributed by atoms with van der Waals surface area (Å²) in [6.07, 6.45) is 2.29. The van der Waals surface area contributed by atoms with Gasteiger partial charge in [0.25, 0.3) is 0 Å². The maximum Gasteiger partial charge on any atom is 0.244 e. The Labute approximate surface area is 186 Å². The van der Waals surface area contributed by atoms with Crippen LogP contribution >= 0.6 is 11.8 Å². The molecule has 2 aliphatic rings. The molecule has 0 atom stereocenters. The molecule has 1 saturated carbocycles. The number of piperazine rings is 1. The summed E-state index contributed by atoms with van der Waals surface area (Å²) in [4.78, 5) is 14.4. The molecule has 2 heterocycles. The molecule has 1 aliphatic carbocycles. The number of carbonyl (C=O) groups is 1. The molecule has 1 aromatic carbocycles. The zero-order chi connectivity index (χ0) is 22.0. The van der Waals surface area contributed by atoms with Crippen LogP contribution in [0.1, 0.15) is 37.1 Å². The lowest BCUT2D eigenvalue weighted by Gasteiger charge is -2.34. The Bertz CT molecular complexity index is 1110. The van der Waals surface area contributed by atoms with Gasteiger partial charge in [0.15, 0.2) is 5.16 Å². The molecule has 0 radical (unpaired) electrons. The minimum Gasteiger partial charge on any atom is -0.339 e. The average molecular weight is 461 g/mol. The predicted octanol–water partition coefficient (Wildman–Crippen LogP) is 1.67. The van der Waals surface area contributed by atoms with Crippen molar-refractivity contribution in [2.24, 2.45) is 0 Å². The highest BCUT2D eigenvalue weighted by Gasteiger charge is 2.32. The SMILES string of the molecule is CCn1c(SCC(=O)N2CCN(S(=O)(=O)c3ccccc3C#N)CC2)nnc1C1CC1. The maximum absolute atomic E-state index is 12.9. The van der Waals surface area contributed by atoms with Gasteiger partial charge in [-0.25, -0.2) is 8.42 Å². The van der Waals surface area contributed by atoms with Crippen LogP contribution in [0.15, 0.2) is 34.3 Å². The van der Waals surface area contributed by atoms with E-state index in [0.717, 1.165) is 30.4 Å². The molecule has 164 valence electrons. The number of nitriles is 1. The summed E-state index contributed by atoms with van der Waals surface area (Å²) < 4.78 is 29.3. The molecule has 9 nitrogen and oxygen atoms in total. The number of thioether (sulfide) groups is 1. The van der Waals surface area contributed by atoms with E-state index in [-0.39, 0.29) is 35.2 Å². The third-order valence-corrected chi connectivity index (χ3v) is 8.45. The number of amides is 1. The van der Waals surface area contributed by atoms with Crippen molar-refractivity contribution >= 4 is 27.7 Å². The van der Waals surface area contributed by atoms with E-state index in [1.54, 1.807) is 17.0 Å². The molecule has 1 aliphatic heterocycles. The normalized spacial score (nSPS) is 17.5. The first-order valence-corrected chi connectivity index (χ1v) is 12.7. The van der Waals surface area contributed by atoms with Gasteiger partial charge in [0, 0.05) is 38.6 Å². The third kappa shape index (κ3) is 4.46. The van der Waals surface area contributed by atoms with Crippen molar-refractivity contribution in [1.82, 2.24) is 24.0 Å². The second kappa shape index (κ2) is 8.98. The van der Waals surface area contributed by atoms with Crippen molar-refractivity contribution in [2.75, 3.05) is 31.9 Å². The van der Waals surface area contributed by atoms with Crippen LogP contribution in [0.4, 0.5) is 0 Å². The number of aromatic nitrogens is 3. The molecule has 1 aromatic heterocycles. The van der Waals surface area contributed by atoms with E-state index >= 15 is 0 Å². The quantitative estimate of drug-likeness (QED) is 0.578. The van der Waals surface area contributed by atoms with Crippen molar-refractivity contribution in [3.8, 4) is 6.07 Å². The largest absolute Gasteiger partial charge is 0.339 e. The van der Waals surface area contributed by atoms with E-state index in [2.05, 4.69) is 14.8 Å². The van der Waals surface area contributed by atoms with Crippen LogP contribution in [-0.4, -0.2) is 70.2 Å². The Morgan fingerprint density at radius 1 is 1.19 bits per heavy atom. The van der Waals surface area contributed by atoms with Gasteiger partial charge in [0.1, 0.15) is 11.9 Å². The lowest BCUT2D eigenvalue weighted by Crippen LogP contribution is -2.51. The van der Waals surface area contributed by atoms with Gasteiger partial charge >= 0.3 is 0 Å². The molecule has 0 spiro atoms. The highest BCUT2D eigenvalue weighted by Crippen LogP contribution is 2.40. The second-order valence-corrected chi connectivity index (χ2v) is 10.4. The fraction of sp³-hybridized carbons (Fsp3) is 0.500. The summed E-state index contributed by atoms with van der Waals surface area (Å²) in [7, 11) is -3.77. The van der Waals surface area contributed by atoms with Crippen LogP contribution in [0.25, 0.3) is 0 Å². The standard InChI is InChI=1S/C20H24N6O3S2/c1-2-26-19(15-7-8-15)22-23-20(26)30-14-18(27)24-9-11-25(12-10-24)31(28,29)17-6-4-3-5-16(17)13-21/h3-6,15H,2,7-12,14H2,1H3. The second-order valence-electron chi connectivity index (χ2n) is 7.54. The minimum absolute atomic E-state index is 0.0122. The number of nitrogens with zero attached hydrogens (tertiary/aromatic N) is 6. The van der Waals surface area contributed by atoms with E-state index in [0.29, 0.717) is 19.0 Å². The number of carbonyl (C=O) groups excluding carboxylic acids is 1. The Morgan fingerprint density at radius 2 is 1.90 bits per heavy atom. The average Bonchev–Trinajstić information content (AvgIpc) is 3.56. The van der Waals surface area contributed by atoms with Gasteiger partial charge in [-0.05, 0) is 31.9 Å². The summed E-state index contributed by atoms with van der Waals surface area (Å²) in [5.74, 6) is 1.71. The third-order valence-electron chi connectivity index (χ3n) is 5.55. The Hall–Kier alpha value is -2.42. The van der Waals surface area contributed by atoms with Crippen LogP contribution in [-0.2, 0) is 21.4 Å². The smallest absolute Gasteiger partial charge is 0.244 e. The minimum atomic E-state index is -3.77. The molecular formula is C20H24N6O3S2. The molecule has 4 rings (SSSR count). The number of hydrogen-bond donors (Lipinski definition) is 0.